The van der Waals surface area contributed by atoms with Crippen molar-refractivity contribution in [1.82, 2.24) is 25.5 Å². The van der Waals surface area contributed by atoms with Gasteiger partial charge in [0.05, 0.1) is 12.2 Å². The van der Waals surface area contributed by atoms with Gasteiger partial charge in [-0.3, -0.25) is 9.59 Å². The van der Waals surface area contributed by atoms with E-state index in [2.05, 4.69) is 20.7 Å². The number of carboxylic acids is 1. The van der Waals surface area contributed by atoms with Crippen molar-refractivity contribution in [1.29, 1.82) is 0 Å². The van der Waals surface area contributed by atoms with E-state index in [-0.39, 0.29) is 19.0 Å². The summed E-state index contributed by atoms with van der Waals surface area (Å²) in [6, 6.07) is 3.39. The Morgan fingerprint density at radius 3 is 3.00 bits per heavy atom. The Bertz CT molecular complexity index is 607. The van der Waals surface area contributed by atoms with Crippen molar-refractivity contribution in [2.45, 2.75) is 19.9 Å². The molecule has 0 aliphatic carbocycles. The highest BCUT2D eigenvalue weighted by Gasteiger charge is 2.13. The molecule has 2 aromatic rings. The topological polar surface area (TPSA) is 123 Å². The van der Waals surface area contributed by atoms with Crippen molar-refractivity contribution in [3.05, 3.63) is 18.4 Å². The van der Waals surface area contributed by atoms with Crippen LogP contribution >= 0.6 is 0 Å². The van der Waals surface area contributed by atoms with Crippen LogP contribution in [0, 0.1) is 5.92 Å². The molecule has 2 rings (SSSR count). The summed E-state index contributed by atoms with van der Waals surface area (Å²) in [6.07, 6.45) is 1.86. The first-order chi connectivity index (χ1) is 10.1. The van der Waals surface area contributed by atoms with E-state index in [4.69, 9.17) is 9.52 Å². The molecule has 0 bridgehead atoms. The van der Waals surface area contributed by atoms with Gasteiger partial charge >= 0.3 is 5.97 Å². The van der Waals surface area contributed by atoms with Gasteiger partial charge in [0.25, 0.3) is 0 Å². The van der Waals surface area contributed by atoms with Crippen LogP contribution in [-0.2, 0) is 16.1 Å². The molecular formula is C12H15N5O4. The molecule has 0 saturated heterocycles. The van der Waals surface area contributed by atoms with Crippen LogP contribution in [0.1, 0.15) is 13.3 Å². The van der Waals surface area contributed by atoms with Gasteiger partial charge in [-0.05, 0) is 23.8 Å². The largest absolute Gasteiger partial charge is 0.481 e. The number of nitrogens with zero attached hydrogens (tertiary/aromatic N) is 4. The second-order valence-electron chi connectivity index (χ2n) is 4.50. The summed E-state index contributed by atoms with van der Waals surface area (Å²) in [7, 11) is 0. The van der Waals surface area contributed by atoms with E-state index in [1.807, 2.05) is 0 Å². The van der Waals surface area contributed by atoms with E-state index < -0.39 is 11.9 Å². The van der Waals surface area contributed by atoms with E-state index >= 15 is 0 Å². The number of aliphatic carboxylic acids is 1. The first-order valence-corrected chi connectivity index (χ1v) is 6.37. The van der Waals surface area contributed by atoms with Crippen molar-refractivity contribution in [3.8, 4) is 11.6 Å². The molecule has 0 fully saturated rings. The van der Waals surface area contributed by atoms with Crippen molar-refractivity contribution in [2.24, 2.45) is 5.92 Å². The van der Waals surface area contributed by atoms with Crippen LogP contribution in [0.4, 0.5) is 0 Å². The van der Waals surface area contributed by atoms with Gasteiger partial charge in [0.2, 0.25) is 11.7 Å². The minimum atomic E-state index is -0.884. The van der Waals surface area contributed by atoms with Crippen LogP contribution in [0.2, 0.25) is 0 Å². The smallest absolute Gasteiger partial charge is 0.306 e. The number of carbonyl (C=O) groups excluding carboxylic acids is 1. The van der Waals surface area contributed by atoms with Crippen LogP contribution < -0.4 is 5.32 Å². The van der Waals surface area contributed by atoms with Crippen LogP contribution in [-0.4, -0.2) is 43.7 Å². The zero-order valence-electron chi connectivity index (χ0n) is 11.4. The Morgan fingerprint density at radius 1 is 1.52 bits per heavy atom. The quantitative estimate of drug-likeness (QED) is 0.745. The van der Waals surface area contributed by atoms with Crippen LogP contribution in [0.5, 0.6) is 0 Å². The number of aromatic nitrogens is 4. The minimum Gasteiger partial charge on any atom is -0.481 e. The zero-order chi connectivity index (χ0) is 15.2. The molecule has 2 N–H and O–H groups in total. The summed E-state index contributed by atoms with van der Waals surface area (Å²) in [4.78, 5) is 23.4. The average molecular weight is 293 g/mol. The van der Waals surface area contributed by atoms with E-state index in [0.29, 0.717) is 18.0 Å². The van der Waals surface area contributed by atoms with Gasteiger partial charge in [-0.1, -0.05) is 6.92 Å². The molecule has 1 unspecified atom stereocenters. The summed E-state index contributed by atoms with van der Waals surface area (Å²) in [5, 5.41) is 22.9. The van der Waals surface area contributed by atoms with Crippen LogP contribution in [0.25, 0.3) is 11.6 Å². The molecule has 2 aromatic heterocycles. The molecule has 21 heavy (non-hydrogen) atoms. The third-order valence-corrected chi connectivity index (χ3v) is 2.80. The summed E-state index contributed by atoms with van der Waals surface area (Å²) in [6.45, 7) is 1.78. The number of carbonyl (C=O) groups is 2. The number of carboxylic acid groups (broad SMARTS) is 1. The van der Waals surface area contributed by atoms with Crippen molar-refractivity contribution >= 4 is 11.9 Å². The lowest BCUT2D eigenvalue weighted by atomic mass is 10.1. The molecule has 0 spiro atoms. The lowest BCUT2D eigenvalue weighted by molar-refractivity contribution is -0.141. The number of furan rings is 1. The fourth-order valence-electron chi connectivity index (χ4n) is 1.55. The third kappa shape index (κ3) is 4.13. The second kappa shape index (κ2) is 6.64. The molecule has 2 heterocycles. The molecule has 1 atom stereocenters. The Labute approximate surface area is 119 Å². The Hall–Kier alpha value is -2.71. The summed E-state index contributed by atoms with van der Waals surface area (Å²) < 4.78 is 5.12. The van der Waals surface area contributed by atoms with Gasteiger partial charge in [-0.15, -0.1) is 10.2 Å². The molecule has 1 amide bonds. The molecule has 0 aliphatic rings. The van der Waals surface area contributed by atoms with E-state index in [0.717, 1.165) is 4.80 Å². The third-order valence-electron chi connectivity index (χ3n) is 2.80. The summed E-state index contributed by atoms with van der Waals surface area (Å²) in [5.41, 5.74) is 0. The lowest BCUT2D eigenvalue weighted by Crippen LogP contribution is -2.30. The zero-order valence-corrected chi connectivity index (χ0v) is 11.4. The van der Waals surface area contributed by atoms with Crippen LogP contribution in [0.3, 0.4) is 0 Å². The number of nitrogens with one attached hydrogen (secondary N) is 1. The summed E-state index contributed by atoms with van der Waals surface area (Å²) in [5.74, 6) is -0.925. The Balaban J connectivity index is 1.79. The van der Waals surface area contributed by atoms with Gasteiger partial charge in [0.15, 0.2) is 5.76 Å². The number of amides is 1. The maximum absolute atomic E-state index is 11.6. The minimum absolute atomic E-state index is 0.0881. The van der Waals surface area contributed by atoms with E-state index in [9.17, 15) is 9.59 Å². The van der Waals surface area contributed by atoms with Crippen LogP contribution in [0.15, 0.2) is 22.8 Å². The van der Waals surface area contributed by atoms with Gasteiger partial charge in [-0.25, -0.2) is 0 Å². The molecular weight excluding hydrogens is 278 g/mol. The van der Waals surface area contributed by atoms with Gasteiger partial charge in [0, 0.05) is 6.54 Å². The maximum Gasteiger partial charge on any atom is 0.306 e. The van der Waals surface area contributed by atoms with Gasteiger partial charge in [0.1, 0.15) is 6.54 Å². The molecule has 0 aromatic carbocycles. The number of hydrogen-bond acceptors (Lipinski definition) is 6. The molecule has 0 radical (unpaired) electrons. The van der Waals surface area contributed by atoms with E-state index in [1.165, 1.54) is 6.26 Å². The Kier molecular flexibility index (Phi) is 4.64. The predicted molar refractivity (Wildman–Crippen MR) is 69.9 cm³/mol. The SMILES string of the molecule is CC(CCNC(=O)Cn1nnc(-c2ccco2)n1)C(=O)O. The predicted octanol–water partition coefficient (Wildman–Crippen LogP) is 0.160. The maximum atomic E-state index is 11.6. The highest BCUT2D eigenvalue weighted by Crippen LogP contribution is 2.12. The highest BCUT2D eigenvalue weighted by atomic mass is 16.4. The standard InChI is InChI=1S/C12H15N5O4/c1-8(12(19)20)4-5-13-10(18)7-17-15-11(14-16-17)9-3-2-6-21-9/h2-3,6,8H,4-5,7H2,1H3,(H,13,18)(H,19,20). The molecule has 0 saturated carbocycles. The highest BCUT2D eigenvalue weighted by molar-refractivity contribution is 5.75. The lowest BCUT2D eigenvalue weighted by Gasteiger charge is -2.07. The first kappa shape index (κ1) is 14.7. The molecule has 9 nitrogen and oxygen atoms in total. The molecule has 9 heteroatoms. The van der Waals surface area contributed by atoms with Crippen molar-refractivity contribution in [3.63, 3.8) is 0 Å². The molecule has 112 valence electrons. The van der Waals surface area contributed by atoms with Crippen molar-refractivity contribution in [2.75, 3.05) is 6.54 Å². The monoisotopic (exact) mass is 293 g/mol. The first-order valence-electron chi connectivity index (χ1n) is 6.37. The fourth-order valence-corrected chi connectivity index (χ4v) is 1.55. The number of hydrogen-bond donors (Lipinski definition) is 2. The number of rotatable bonds is 7. The average Bonchev–Trinajstić information content (AvgIpc) is 3.08. The number of tetrazole rings is 1. The fraction of sp³-hybridized carbons (Fsp3) is 0.417. The second-order valence-corrected chi connectivity index (χ2v) is 4.50. The van der Waals surface area contributed by atoms with E-state index in [1.54, 1.807) is 19.1 Å². The Morgan fingerprint density at radius 2 is 2.33 bits per heavy atom. The normalized spacial score (nSPS) is 12.0. The van der Waals surface area contributed by atoms with Crippen molar-refractivity contribution < 1.29 is 19.1 Å². The van der Waals surface area contributed by atoms with Gasteiger partial charge in [-0.2, -0.15) is 4.80 Å². The van der Waals surface area contributed by atoms with Gasteiger partial charge < -0.3 is 14.8 Å². The summed E-state index contributed by atoms with van der Waals surface area (Å²) >= 11 is 0. The molecule has 0 aliphatic heterocycles.